The molecule has 5 nitrogen and oxygen atoms in total. The van der Waals surface area contributed by atoms with Gasteiger partial charge in [-0.1, -0.05) is 52.0 Å². The Morgan fingerprint density at radius 2 is 2.07 bits per heavy atom. The molecule has 0 spiro atoms. The number of halogens is 1. The monoisotopic (exact) mass is 497 g/mol. The van der Waals surface area contributed by atoms with Crippen LogP contribution in [0.1, 0.15) is 12.2 Å². The van der Waals surface area contributed by atoms with Gasteiger partial charge in [0.05, 0.1) is 4.91 Å². The van der Waals surface area contributed by atoms with Gasteiger partial charge in [-0.25, -0.2) is 4.79 Å². The lowest BCUT2D eigenvalue weighted by Gasteiger charge is -2.22. The second-order valence-corrected chi connectivity index (χ2v) is 9.47. The smallest absolute Gasteiger partial charge is 0.326 e. The second-order valence-electron chi connectivity index (χ2n) is 5.90. The second kappa shape index (κ2) is 9.30. The summed E-state index contributed by atoms with van der Waals surface area (Å²) in [7, 11) is 0. The number of carbonyl (C=O) groups is 2. The zero-order valence-corrected chi connectivity index (χ0v) is 18.8. The van der Waals surface area contributed by atoms with Gasteiger partial charge in [-0.3, -0.25) is 9.69 Å². The predicted octanol–water partition coefficient (Wildman–Crippen LogP) is 5.12. The van der Waals surface area contributed by atoms with Crippen molar-refractivity contribution in [3.05, 3.63) is 51.5 Å². The van der Waals surface area contributed by atoms with Crippen molar-refractivity contribution in [3.8, 4) is 11.3 Å². The maximum absolute atomic E-state index is 12.8. The molecule has 1 atom stereocenters. The van der Waals surface area contributed by atoms with Crippen molar-refractivity contribution in [2.45, 2.75) is 12.5 Å². The first kappa shape index (κ1) is 21.2. The molecule has 1 aromatic heterocycles. The minimum Gasteiger partial charge on any atom is -0.480 e. The van der Waals surface area contributed by atoms with Crippen LogP contribution in [0.5, 0.6) is 0 Å². The number of nitrogens with zero attached hydrogens (tertiary/aromatic N) is 1. The highest BCUT2D eigenvalue weighted by Gasteiger charge is 2.40. The number of furan rings is 1. The number of aliphatic carboxylic acids is 1. The average Bonchev–Trinajstić information content (AvgIpc) is 3.22. The minimum absolute atomic E-state index is 0.254. The van der Waals surface area contributed by atoms with Crippen molar-refractivity contribution in [2.24, 2.45) is 0 Å². The van der Waals surface area contributed by atoms with Crippen LogP contribution >= 0.6 is 51.7 Å². The predicted molar refractivity (Wildman–Crippen MR) is 121 cm³/mol. The Hall–Kier alpha value is -1.55. The highest BCUT2D eigenvalue weighted by molar-refractivity contribution is 9.10. The van der Waals surface area contributed by atoms with Crippen LogP contribution in [-0.2, 0) is 9.59 Å². The summed E-state index contributed by atoms with van der Waals surface area (Å²) in [6.07, 6.45) is 3.84. The lowest BCUT2D eigenvalue weighted by molar-refractivity contribution is -0.145. The Morgan fingerprint density at radius 1 is 1.36 bits per heavy atom. The van der Waals surface area contributed by atoms with Crippen LogP contribution in [0.4, 0.5) is 0 Å². The summed E-state index contributed by atoms with van der Waals surface area (Å²) in [5.74, 6) is 0.362. The molecule has 3 rings (SSSR count). The average molecular weight is 498 g/mol. The van der Waals surface area contributed by atoms with Gasteiger partial charge in [-0.05, 0) is 42.7 Å². The topological polar surface area (TPSA) is 70.8 Å². The van der Waals surface area contributed by atoms with Crippen molar-refractivity contribution in [2.75, 3.05) is 12.0 Å². The fourth-order valence-corrected chi connectivity index (χ4v) is 4.73. The number of rotatable bonds is 7. The largest absolute Gasteiger partial charge is 0.480 e. The van der Waals surface area contributed by atoms with Gasteiger partial charge in [-0.2, -0.15) is 11.8 Å². The van der Waals surface area contributed by atoms with Crippen molar-refractivity contribution < 1.29 is 19.1 Å². The molecule has 1 aliphatic heterocycles. The van der Waals surface area contributed by atoms with E-state index >= 15 is 0 Å². The summed E-state index contributed by atoms with van der Waals surface area (Å²) in [4.78, 5) is 26.0. The van der Waals surface area contributed by atoms with Crippen molar-refractivity contribution in [1.82, 2.24) is 4.90 Å². The molecule has 1 N–H and O–H groups in total. The summed E-state index contributed by atoms with van der Waals surface area (Å²) in [6.45, 7) is 0. The first-order valence-corrected chi connectivity index (χ1v) is 11.7. The highest BCUT2D eigenvalue weighted by Crippen LogP contribution is 2.35. The molecular weight excluding hydrogens is 482 g/mol. The zero-order chi connectivity index (χ0) is 20.3. The molecule has 0 saturated carbocycles. The van der Waals surface area contributed by atoms with E-state index in [9.17, 15) is 14.7 Å². The Bertz CT molecular complexity index is 939. The molecule has 0 bridgehead atoms. The maximum Gasteiger partial charge on any atom is 0.326 e. The van der Waals surface area contributed by atoms with E-state index < -0.39 is 17.9 Å². The van der Waals surface area contributed by atoms with Gasteiger partial charge in [0.15, 0.2) is 0 Å². The number of carboxylic acids is 1. The first-order chi connectivity index (χ1) is 13.4. The van der Waals surface area contributed by atoms with Gasteiger partial charge in [0.1, 0.15) is 21.9 Å². The van der Waals surface area contributed by atoms with E-state index in [4.69, 9.17) is 16.6 Å². The Morgan fingerprint density at radius 3 is 2.71 bits per heavy atom. The molecule has 0 radical (unpaired) electrons. The number of thiocarbonyl (C=S) groups is 1. The molecular formula is C19H16BrNO4S3. The van der Waals surface area contributed by atoms with Crippen LogP contribution in [0.3, 0.4) is 0 Å². The standard InChI is InChI=1S/C19H16BrNO4S3/c1-27-9-8-14(18(23)24)21-17(22)16(28-19(21)26)10-13-6-7-15(25-13)11-2-4-12(20)5-3-11/h2-7,10,14H,8-9H2,1H3,(H,23,24)/b16-10-/t14-/m1/s1. The number of carboxylic acid groups (broad SMARTS) is 1. The van der Waals surface area contributed by atoms with Crippen LogP contribution in [0.25, 0.3) is 17.4 Å². The molecule has 2 aromatic rings. The van der Waals surface area contributed by atoms with Crippen molar-refractivity contribution in [1.29, 1.82) is 0 Å². The lowest BCUT2D eigenvalue weighted by Crippen LogP contribution is -2.44. The summed E-state index contributed by atoms with van der Waals surface area (Å²) < 4.78 is 7.05. The molecule has 1 aromatic carbocycles. The zero-order valence-electron chi connectivity index (χ0n) is 14.8. The Kier molecular flexibility index (Phi) is 7.03. The number of hydrogen-bond acceptors (Lipinski definition) is 6. The fourth-order valence-electron chi connectivity index (χ4n) is 2.67. The number of amides is 1. The SMILES string of the molecule is CSCC[C@H](C(=O)O)N1C(=O)/C(=C/c2ccc(-c3ccc(Br)cc3)o2)SC1=S. The minimum atomic E-state index is -1.05. The van der Waals surface area contributed by atoms with Gasteiger partial charge in [0.2, 0.25) is 0 Å². The van der Waals surface area contributed by atoms with E-state index in [2.05, 4.69) is 15.9 Å². The fraction of sp³-hybridized carbons (Fsp3) is 0.211. The van der Waals surface area contributed by atoms with E-state index in [1.807, 2.05) is 36.6 Å². The van der Waals surface area contributed by atoms with E-state index in [1.165, 1.54) is 16.7 Å². The lowest BCUT2D eigenvalue weighted by atomic mass is 10.2. The van der Waals surface area contributed by atoms with Crippen LogP contribution < -0.4 is 0 Å². The summed E-state index contributed by atoms with van der Waals surface area (Å²) in [6, 6.07) is 10.3. The van der Waals surface area contributed by atoms with E-state index in [0.29, 0.717) is 28.6 Å². The molecule has 1 aliphatic rings. The molecule has 1 saturated heterocycles. The number of thioether (sulfide) groups is 2. The third kappa shape index (κ3) is 4.71. The third-order valence-electron chi connectivity index (χ3n) is 4.04. The van der Waals surface area contributed by atoms with Gasteiger partial charge >= 0.3 is 5.97 Å². The van der Waals surface area contributed by atoms with Gasteiger partial charge in [0, 0.05) is 16.1 Å². The van der Waals surface area contributed by atoms with Gasteiger partial charge < -0.3 is 9.52 Å². The quantitative estimate of drug-likeness (QED) is 0.420. The van der Waals surface area contributed by atoms with Crippen molar-refractivity contribution >= 4 is 73.9 Å². The normalized spacial score (nSPS) is 16.8. The summed E-state index contributed by atoms with van der Waals surface area (Å²) >= 11 is 11.3. The van der Waals surface area contributed by atoms with E-state index in [-0.39, 0.29) is 4.32 Å². The van der Waals surface area contributed by atoms with Crippen LogP contribution in [-0.4, -0.2) is 44.3 Å². The molecule has 28 heavy (non-hydrogen) atoms. The van der Waals surface area contributed by atoms with Crippen LogP contribution in [0, 0.1) is 0 Å². The highest BCUT2D eigenvalue weighted by atomic mass is 79.9. The first-order valence-electron chi connectivity index (χ1n) is 8.25. The van der Waals surface area contributed by atoms with E-state index in [1.54, 1.807) is 12.1 Å². The number of hydrogen-bond donors (Lipinski definition) is 1. The molecule has 0 aliphatic carbocycles. The van der Waals surface area contributed by atoms with Gasteiger partial charge in [-0.15, -0.1) is 0 Å². The van der Waals surface area contributed by atoms with Gasteiger partial charge in [0.25, 0.3) is 5.91 Å². The molecule has 2 heterocycles. The maximum atomic E-state index is 12.8. The molecule has 1 amide bonds. The Balaban J connectivity index is 1.82. The molecule has 0 unspecified atom stereocenters. The molecule has 9 heteroatoms. The van der Waals surface area contributed by atoms with Crippen LogP contribution in [0.2, 0.25) is 0 Å². The number of carbonyl (C=O) groups excluding carboxylic acids is 1. The number of benzene rings is 1. The summed E-state index contributed by atoms with van der Waals surface area (Å²) in [5, 5.41) is 9.51. The Labute approximate surface area is 184 Å². The van der Waals surface area contributed by atoms with Crippen LogP contribution in [0.15, 0.2) is 50.2 Å². The third-order valence-corrected chi connectivity index (χ3v) is 6.55. The van der Waals surface area contributed by atoms with E-state index in [0.717, 1.165) is 21.8 Å². The van der Waals surface area contributed by atoms with Crippen molar-refractivity contribution in [3.63, 3.8) is 0 Å². The molecule has 146 valence electrons. The summed E-state index contributed by atoms with van der Waals surface area (Å²) in [5.41, 5.74) is 0.915. The molecule has 1 fully saturated rings.